The number of unbranched alkanes of at least 4 members (excludes halogenated alkanes) is 1. The van der Waals surface area contributed by atoms with Crippen LogP contribution in [0.1, 0.15) is 24.0 Å². The molecule has 0 saturated carbocycles. The molecule has 0 aliphatic heterocycles. The minimum Gasteiger partial charge on any atom is -0.493 e. The molecule has 2 rings (SSSR count). The molecule has 122 valence electrons. The van der Waals surface area contributed by atoms with Gasteiger partial charge in [0.2, 0.25) is 0 Å². The van der Waals surface area contributed by atoms with E-state index in [9.17, 15) is 0 Å². The van der Waals surface area contributed by atoms with Crippen LogP contribution in [0.5, 0.6) is 5.75 Å². The zero-order valence-electron chi connectivity index (χ0n) is 13.8. The average Bonchev–Trinajstić information content (AvgIpc) is 2.55. The van der Waals surface area contributed by atoms with E-state index in [4.69, 9.17) is 16.3 Å². The second kappa shape index (κ2) is 9.39. The van der Waals surface area contributed by atoms with Gasteiger partial charge in [0.25, 0.3) is 0 Å². The van der Waals surface area contributed by atoms with Gasteiger partial charge in [0.1, 0.15) is 5.75 Å². The number of para-hydroxylation sites is 1. The number of benzene rings is 2. The molecule has 0 aliphatic carbocycles. The third kappa shape index (κ3) is 6.47. The summed E-state index contributed by atoms with van der Waals surface area (Å²) in [5.41, 5.74) is 2.21. The Balaban J connectivity index is 1.93. The lowest BCUT2D eigenvalue weighted by molar-refractivity contribution is 0.292. The summed E-state index contributed by atoms with van der Waals surface area (Å²) in [5.74, 6) is 0.933. The summed E-state index contributed by atoms with van der Waals surface area (Å²) in [7, 11) is 4.19. The molecule has 2 aromatic rings. The van der Waals surface area contributed by atoms with E-state index in [0.717, 1.165) is 47.9 Å². The van der Waals surface area contributed by atoms with Crippen molar-refractivity contribution in [2.75, 3.05) is 27.2 Å². The molecule has 0 amide bonds. The fourth-order valence-corrected chi connectivity index (χ4v) is 2.35. The molecule has 0 unspecified atom stereocenters. The van der Waals surface area contributed by atoms with Crippen molar-refractivity contribution >= 4 is 23.8 Å². The largest absolute Gasteiger partial charge is 0.493 e. The van der Waals surface area contributed by atoms with Gasteiger partial charge in [-0.3, -0.25) is 0 Å². The highest BCUT2D eigenvalue weighted by atomic mass is 35.5. The monoisotopic (exact) mass is 329 g/mol. The standard InChI is InChI=1S/C20H24ClNO/c1-22(2)15-5-6-16-23-20-8-4-3-7-18(20)12-9-17-10-13-19(21)14-11-17/h3-4,7-14H,5-6,15-16H2,1-2H3. The molecule has 2 nitrogen and oxygen atoms in total. The minimum atomic E-state index is 0.750. The lowest BCUT2D eigenvalue weighted by Gasteiger charge is -2.11. The Bertz CT molecular complexity index is 620. The molecule has 23 heavy (non-hydrogen) atoms. The zero-order valence-corrected chi connectivity index (χ0v) is 14.6. The van der Waals surface area contributed by atoms with Crippen LogP contribution < -0.4 is 4.74 Å². The van der Waals surface area contributed by atoms with Crippen LogP contribution in [-0.2, 0) is 0 Å². The van der Waals surface area contributed by atoms with Gasteiger partial charge in [-0.2, -0.15) is 0 Å². The maximum absolute atomic E-state index is 5.94. The molecule has 0 radical (unpaired) electrons. The van der Waals surface area contributed by atoms with E-state index in [0.29, 0.717) is 0 Å². The Labute approximate surface area is 144 Å². The lowest BCUT2D eigenvalue weighted by atomic mass is 10.1. The summed E-state index contributed by atoms with van der Waals surface area (Å²) in [4.78, 5) is 2.20. The summed E-state index contributed by atoms with van der Waals surface area (Å²) in [5, 5.41) is 0.753. The van der Waals surface area contributed by atoms with Crippen molar-refractivity contribution in [1.82, 2.24) is 4.90 Å². The van der Waals surface area contributed by atoms with E-state index in [2.05, 4.69) is 37.2 Å². The molecule has 0 aliphatic rings. The molecule has 3 heteroatoms. The molecule has 2 aromatic carbocycles. The molecule has 0 aromatic heterocycles. The van der Waals surface area contributed by atoms with Crippen LogP contribution in [0, 0.1) is 0 Å². The fraction of sp³-hybridized carbons (Fsp3) is 0.300. The van der Waals surface area contributed by atoms with E-state index in [1.54, 1.807) is 0 Å². The molecule has 0 saturated heterocycles. The third-order valence-electron chi connectivity index (χ3n) is 3.50. The van der Waals surface area contributed by atoms with Gasteiger partial charge in [0.05, 0.1) is 6.61 Å². The molecule has 0 heterocycles. The van der Waals surface area contributed by atoms with Crippen LogP contribution in [0.3, 0.4) is 0 Å². The average molecular weight is 330 g/mol. The van der Waals surface area contributed by atoms with Gasteiger partial charge < -0.3 is 9.64 Å². The van der Waals surface area contributed by atoms with Gasteiger partial charge in [0, 0.05) is 10.6 Å². The summed E-state index contributed by atoms with van der Waals surface area (Å²) >= 11 is 5.91. The first-order chi connectivity index (χ1) is 11.1. The van der Waals surface area contributed by atoms with Gasteiger partial charge in [-0.25, -0.2) is 0 Å². The lowest BCUT2D eigenvalue weighted by Crippen LogP contribution is -2.13. The van der Waals surface area contributed by atoms with E-state index >= 15 is 0 Å². The highest BCUT2D eigenvalue weighted by Gasteiger charge is 2.00. The van der Waals surface area contributed by atoms with Crippen molar-refractivity contribution in [3.05, 3.63) is 64.7 Å². The maximum atomic E-state index is 5.94. The van der Waals surface area contributed by atoms with Gasteiger partial charge in [-0.1, -0.05) is 54.1 Å². The second-order valence-corrected chi connectivity index (χ2v) is 6.22. The maximum Gasteiger partial charge on any atom is 0.126 e. The van der Waals surface area contributed by atoms with E-state index < -0.39 is 0 Å². The second-order valence-electron chi connectivity index (χ2n) is 5.78. The van der Waals surface area contributed by atoms with Crippen molar-refractivity contribution in [2.45, 2.75) is 12.8 Å². The van der Waals surface area contributed by atoms with Crippen LogP contribution in [0.4, 0.5) is 0 Å². The van der Waals surface area contributed by atoms with Gasteiger partial charge in [-0.15, -0.1) is 0 Å². The van der Waals surface area contributed by atoms with Gasteiger partial charge in [0.15, 0.2) is 0 Å². The third-order valence-corrected chi connectivity index (χ3v) is 3.75. The van der Waals surface area contributed by atoms with Crippen LogP contribution in [0.25, 0.3) is 12.2 Å². The Morgan fingerprint density at radius 1 is 0.957 bits per heavy atom. The van der Waals surface area contributed by atoms with Gasteiger partial charge in [-0.05, 0) is 57.2 Å². The molecular weight excluding hydrogens is 306 g/mol. The van der Waals surface area contributed by atoms with Crippen LogP contribution in [-0.4, -0.2) is 32.1 Å². The van der Waals surface area contributed by atoms with Crippen LogP contribution >= 0.6 is 11.6 Å². The smallest absolute Gasteiger partial charge is 0.126 e. The minimum absolute atomic E-state index is 0.750. The van der Waals surface area contributed by atoms with Gasteiger partial charge >= 0.3 is 0 Å². The fourth-order valence-electron chi connectivity index (χ4n) is 2.22. The van der Waals surface area contributed by atoms with Crippen molar-refractivity contribution in [1.29, 1.82) is 0 Å². The summed E-state index contributed by atoms with van der Waals surface area (Å²) < 4.78 is 5.94. The van der Waals surface area contributed by atoms with E-state index in [-0.39, 0.29) is 0 Å². The van der Waals surface area contributed by atoms with Crippen LogP contribution in [0.15, 0.2) is 48.5 Å². The first-order valence-electron chi connectivity index (χ1n) is 7.95. The summed E-state index contributed by atoms with van der Waals surface area (Å²) in [6.07, 6.45) is 6.37. The predicted octanol–water partition coefficient (Wildman–Crippen LogP) is 5.23. The van der Waals surface area contributed by atoms with Crippen LogP contribution in [0.2, 0.25) is 5.02 Å². The van der Waals surface area contributed by atoms with E-state index in [1.807, 2.05) is 42.5 Å². The number of rotatable bonds is 8. The zero-order chi connectivity index (χ0) is 16.5. The van der Waals surface area contributed by atoms with Crippen molar-refractivity contribution in [3.63, 3.8) is 0 Å². The first-order valence-corrected chi connectivity index (χ1v) is 8.33. The number of hydrogen-bond donors (Lipinski definition) is 0. The molecule has 0 atom stereocenters. The predicted molar refractivity (Wildman–Crippen MR) is 100 cm³/mol. The molecular formula is C20H24ClNO. The summed E-state index contributed by atoms with van der Waals surface area (Å²) in [6.45, 7) is 1.85. The first kappa shape index (κ1) is 17.6. The summed E-state index contributed by atoms with van der Waals surface area (Å²) in [6, 6.07) is 15.9. The SMILES string of the molecule is CN(C)CCCCOc1ccccc1C=Cc1ccc(Cl)cc1. The normalized spacial score (nSPS) is 11.3. The van der Waals surface area contributed by atoms with Crippen molar-refractivity contribution in [3.8, 4) is 5.75 Å². The topological polar surface area (TPSA) is 12.5 Å². The molecule has 0 bridgehead atoms. The molecule has 0 spiro atoms. The highest BCUT2D eigenvalue weighted by molar-refractivity contribution is 6.30. The Morgan fingerprint density at radius 2 is 1.70 bits per heavy atom. The Hall–Kier alpha value is -1.77. The number of halogens is 1. The molecule has 0 N–H and O–H groups in total. The van der Waals surface area contributed by atoms with Crippen molar-refractivity contribution in [2.24, 2.45) is 0 Å². The van der Waals surface area contributed by atoms with Crippen molar-refractivity contribution < 1.29 is 4.74 Å². The van der Waals surface area contributed by atoms with E-state index in [1.165, 1.54) is 0 Å². The molecule has 0 fully saturated rings. The Kier molecular flexibility index (Phi) is 7.18. The number of nitrogens with zero attached hydrogens (tertiary/aromatic N) is 1. The number of hydrogen-bond acceptors (Lipinski definition) is 2. The highest BCUT2D eigenvalue weighted by Crippen LogP contribution is 2.21. The quantitative estimate of drug-likeness (QED) is 0.485. The Morgan fingerprint density at radius 3 is 2.43 bits per heavy atom. The number of ether oxygens (including phenoxy) is 1.